The molecule has 2 aromatic heterocycles. The third-order valence-electron chi connectivity index (χ3n) is 5.21. The normalized spacial score (nSPS) is 15.0. The lowest BCUT2D eigenvalue weighted by Gasteiger charge is -2.10. The molecule has 2 aromatic carbocycles. The zero-order chi connectivity index (χ0) is 21.5. The Morgan fingerprint density at radius 1 is 1.26 bits per heavy atom. The summed E-state index contributed by atoms with van der Waals surface area (Å²) in [5.74, 6) is 1.31. The fourth-order valence-electron chi connectivity index (χ4n) is 3.79. The summed E-state index contributed by atoms with van der Waals surface area (Å²) in [5, 5.41) is 3.58. The van der Waals surface area contributed by atoms with Gasteiger partial charge in [-0.15, -0.1) is 11.3 Å². The number of aromatic nitrogens is 3. The first kappa shape index (κ1) is 19.5. The van der Waals surface area contributed by atoms with Crippen molar-refractivity contribution in [2.45, 2.75) is 19.4 Å². The number of fused-ring (bicyclic) bond motifs is 4. The number of alkyl carbamates (subject to hydrolysis) is 1. The molecule has 1 unspecified atom stereocenters. The number of hydrogen-bond donors (Lipinski definition) is 1. The second-order valence-electron chi connectivity index (χ2n) is 7.32. The SMILES string of the molecule is COC(=O)NCC1Cc2c(ccc3nc(-c4cc(C)cc5nc(OC)cnc45)sc23)O1. The molecule has 3 heterocycles. The lowest BCUT2D eigenvalue weighted by molar-refractivity contribution is 0.161. The summed E-state index contributed by atoms with van der Waals surface area (Å²) in [5.41, 5.74) is 5.62. The van der Waals surface area contributed by atoms with Crippen LogP contribution in [0.1, 0.15) is 11.1 Å². The molecule has 0 bridgehead atoms. The highest BCUT2D eigenvalue weighted by Crippen LogP contribution is 2.41. The van der Waals surface area contributed by atoms with Crippen molar-refractivity contribution in [2.75, 3.05) is 20.8 Å². The van der Waals surface area contributed by atoms with Gasteiger partial charge in [-0.05, 0) is 36.8 Å². The van der Waals surface area contributed by atoms with Crippen LogP contribution in [0.15, 0.2) is 30.5 Å². The summed E-state index contributed by atoms with van der Waals surface area (Å²) < 4.78 is 17.0. The third-order valence-corrected chi connectivity index (χ3v) is 6.37. The molecule has 1 amide bonds. The van der Waals surface area contributed by atoms with Crippen molar-refractivity contribution in [3.05, 3.63) is 41.6 Å². The molecule has 1 N–H and O–H groups in total. The Bertz CT molecular complexity index is 1320. The summed E-state index contributed by atoms with van der Waals surface area (Å²) in [6.45, 7) is 2.41. The summed E-state index contributed by atoms with van der Waals surface area (Å²) >= 11 is 1.62. The summed E-state index contributed by atoms with van der Waals surface area (Å²) in [4.78, 5) is 25.4. The average molecular weight is 436 g/mol. The maximum atomic E-state index is 11.4. The minimum atomic E-state index is -0.464. The van der Waals surface area contributed by atoms with Crippen LogP contribution in [-0.2, 0) is 11.2 Å². The fourth-order valence-corrected chi connectivity index (χ4v) is 4.92. The molecule has 0 radical (unpaired) electrons. The smallest absolute Gasteiger partial charge is 0.406 e. The number of methoxy groups -OCH3 is 2. The third kappa shape index (κ3) is 3.50. The van der Waals surface area contributed by atoms with E-state index in [1.54, 1.807) is 24.6 Å². The van der Waals surface area contributed by atoms with Crippen LogP contribution in [0.5, 0.6) is 11.6 Å². The molecule has 0 saturated heterocycles. The van der Waals surface area contributed by atoms with Gasteiger partial charge in [0.25, 0.3) is 0 Å². The van der Waals surface area contributed by atoms with Gasteiger partial charge in [-0.2, -0.15) is 0 Å². The molecular formula is C22H20N4O4S. The van der Waals surface area contributed by atoms with Crippen LogP contribution in [0.25, 0.3) is 31.8 Å². The number of carbonyl (C=O) groups is 1. The molecule has 0 saturated carbocycles. The highest BCUT2D eigenvalue weighted by Gasteiger charge is 2.27. The highest BCUT2D eigenvalue weighted by atomic mass is 32.1. The Morgan fingerprint density at radius 3 is 2.94 bits per heavy atom. The van der Waals surface area contributed by atoms with Gasteiger partial charge in [0, 0.05) is 17.5 Å². The average Bonchev–Trinajstić information content (AvgIpc) is 3.39. The van der Waals surface area contributed by atoms with Gasteiger partial charge in [-0.25, -0.2) is 19.7 Å². The number of nitrogens with zero attached hydrogens (tertiary/aromatic N) is 3. The summed E-state index contributed by atoms with van der Waals surface area (Å²) in [6, 6.07) is 7.99. The van der Waals surface area contributed by atoms with Gasteiger partial charge in [0.15, 0.2) is 0 Å². The minimum absolute atomic E-state index is 0.136. The predicted octanol–water partition coefficient (Wildman–Crippen LogP) is 3.88. The standard InChI is InChI=1S/C22H20N4O4S/c1-11-6-14(19-16(7-11)25-18(28-2)10-23-19)21-26-15-4-5-17-13(20(15)31-21)8-12(30-17)9-24-22(27)29-3/h4-7,10,12H,8-9H2,1-3H3,(H,24,27). The molecule has 1 aliphatic rings. The van der Waals surface area contributed by atoms with E-state index in [2.05, 4.69) is 26.1 Å². The van der Waals surface area contributed by atoms with Crippen LogP contribution in [0, 0.1) is 6.92 Å². The lowest BCUT2D eigenvalue weighted by atomic mass is 10.1. The van der Waals surface area contributed by atoms with E-state index in [0.717, 1.165) is 48.7 Å². The molecule has 0 fully saturated rings. The maximum absolute atomic E-state index is 11.4. The Labute approximate surface area is 182 Å². The van der Waals surface area contributed by atoms with E-state index in [-0.39, 0.29) is 6.10 Å². The van der Waals surface area contributed by atoms with Crippen molar-refractivity contribution >= 4 is 38.7 Å². The van der Waals surface area contributed by atoms with Crippen molar-refractivity contribution in [2.24, 2.45) is 0 Å². The number of hydrogen-bond acceptors (Lipinski definition) is 8. The quantitative estimate of drug-likeness (QED) is 0.519. The van der Waals surface area contributed by atoms with Gasteiger partial charge in [0.05, 0.1) is 48.2 Å². The first-order valence-electron chi connectivity index (χ1n) is 9.78. The number of thiazole rings is 1. The molecule has 1 aliphatic heterocycles. The molecule has 4 aromatic rings. The molecule has 0 aliphatic carbocycles. The zero-order valence-corrected chi connectivity index (χ0v) is 18.1. The van der Waals surface area contributed by atoms with E-state index in [9.17, 15) is 4.79 Å². The molecule has 5 rings (SSSR count). The van der Waals surface area contributed by atoms with Crippen LogP contribution in [0.2, 0.25) is 0 Å². The Kier molecular flexibility index (Phi) is 4.82. The zero-order valence-electron chi connectivity index (χ0n) is 17.3. The predicted molar refractivity (Wildman–Crippen MR) is 118 cm³/mol. The Hall–Kier alpha value is -3.46. The molecule has 9 heteroatoms. The van der Waals surface area contributed by atoms with Crippen LogP contribution in [0.4, 0.5) is 4.79 Å². The molecule has 31 heavy (non-hydrogen) atoms. The van der Waals surface area contributed by atoms with Gasteiger partial charge < -0.3 is 19.5 Å². The number of nitrogens with one attached hydrogen (secondary N) is 1. The van der Waals surface area contributed by atoms with E-state index in [1.165, 1.54) is 7.11 Å². The summed E-state index contributed by atoms with van der Waals surface area (Å²) in [6.07, 6.45) is 1.72. The van der Waals surface area contributed by atoms with Gasteiger partial charge in [0.1, 0.15) is 16.9 Å². The Morgan fingerprint density at radius 2 is 2.13 bits per heavy atom. The molecular weight excluding hydrogens is 416 g/mol. The van der Waals surface area contributed by atoms with Crippen LogP contribution < -0.4 is 14.8 Å². The van der Waals surface area contributed by atoms with Crippen LogP contribution in [-0.4, -0.2) is 47.9 Å². The number of aryl methyl sites for hydroxylation is 1. The van der Waals surface area contributed by atoms with Gasteiger partial charge in [-0.1, -0.05) is 0 Å². The van der Waals surface area contributed by atoms with E-state index >= 15 is 0 Å². The molecule has 0 spiro atoms. The van der Waals surface area contributed by atoms with Gasteiger partial charge in [0.2, 0.25) is 5.88 Å². The van der Waals surface area contributed by atoms with E-state index in [4.69, 9.17) is 14.5 Å². The van der Waals surface area contributed by atoms with E-state index < -0.39 is 6.09 Å². The monoisotopic (exact) mass is 436 g/mol. The first-order valence-corrected chi connectivity index (χ1v) is 10.6. The van der Waals surface area contributed by atoms with Crippen LogP contribution in [0.3, 0.4) is 0 Å². The van der Waals surface area contributed by atoms with Crippen molar-refractivity contribution < 1.29 is 19.0 Å². The van der Waals surface area contributed by atoms with Gasteiger partial charge >= 0.3 is 6.09 Å². The van der Waals surface area contributed by atoms with Crippen molar-refractivity contribution in [3.63, 3.8) is 0 Å². The molecule has 8 nitrogen and oxygen atoms in total. The summed E-state index contributed by atoms with van der Waals surface area (Å²) in [7, 11) is 2.92. The highest BCUT2D eigenvalue weighted by molar-refractivity contribution is 7.22. The Balaban J connectivity index is 1.54. The van der Waals surface area contributed by atoms with E-state index in [0.29, 0.717) is 18.8 Å². The lowest BCUT2D eigenvalue weighted by Crippen LogP contribution is -2.34. The van der Waals surface area contributed by atoms with Crippen molar-refractivity contribution in [3.8, 4) is 22.2 Å². The first-order chi connectivity index (χ1) is 15.1. The van der Waals surface area contributed by atoms with E-state index in [1.807, 2.05) is 25.1 Å². The second kappa shape index (κ2) is 7.66. The van der Waals surface area contributed by atoms with Crippen molar-refractivity contribution in [1.82, 2.24) is 20.3 Å². The number of ether oxygens (including phenoxy) is 3. The topological polar surface area (TPSA) is 95.5 Å². The van der Waals surface area contributed by atoms with Crippen LogP contribution >= 0.6 is 11.3 Å². The number of benzene rings is 2. The molecule has 158 valence electrons. The second-order valence-corrected chi connectivity index (χ2v) is 8.32. The number of amides is 1. The fraction of sp³-hybridized carbons (Fsp3) is 0.273. The molecule has 1 atom stereocenters. The number of carbonyl (C=O) groups excluding carboxylic acids is 1. The largest absolute Gasteiger partial charge is 0.488 e. The van der Waals surface area contributed by atoms with Crippen molar-refractivity contribution in [1.29, 1.82) is 0 Å². The van der Waals surface area contributed by atoms with Gasteiger partial charge in [-0.3, -0.25) is 0 Å². The maximum Gasteiger partial charge on any atom is 0.406 e. The number of rotatable bonds is 4. The minimum Gasteiger partial charge on any atom is -0.488 e.